The number of hydrogen-bond acceptors (Lipinski definition) is 5. The molecule has 1 unspecified atom stereocenters. The van der Waals surface area contributed by atoms with E-state index in [-0.39, 0.29) is 5.91 Å². The Bertz CT molecular complexity index is 788. The number of benzene rings is 1. The van der Waals surface area contributed by atoms with Crippen LogP contribution in [0, 0.1) is 13.8 Å². The lowest BCUT2D eigenvalue weighted by atomic mass is 10.0. The molecule has 1 atom stereocenters. The van der Waals surface area contributed by atoms with E-state index in [0.29, 0.717) is 12.5 Å². The van der Waals surface area contributed by atoms with Gasteiger partial charge in [-0.1, -0.05) is 17.8 Å². The molecule has 0 saturated carbocycles. The van der Waals surface area contributed by atoms with Crippen LogP contribution in [0.4, 0.5) is 5.69 Å². The molecule has 3 heterocycles. The molecule has 5 nitrogen and oxygen atoms in total. The second-order valence-electron chi connectivity index (χ2n) is 7.70. The van der Waals surface area contributed by atoms with Gasteiger partial charge in [0.15, 0.2) is 5.17 Å². The average Bonchev–Trinajstić information content (AvgIpc) is 3.08. The third-order valence-electron chi connectivity index (χ3n) is 5.65. The second-order valence-corrected chi connectivity index (χ2v) is 8.53. The molecular formula is C21H28N4OS. The molecule has 3 aliphatic heterocycles. The Balaban J connectivity index is 1.35. The molecular weight excluding hydrogens is 356 g/mol. The highest BCUT2D eigenvalue weighted by atomic mass is 32.2. The highest BCUT2D eigenvalue weighted by Gasteiger charge is 2.29. The van der Waals surface area contributed by atoms with Crippen LogP contribution in [-0.4, -0.2) is 53.1 Å². The molecule has 1 amide bonds. The Labute approximate surface area is 165 Å². The highest BCUT2D eigenvalue weighted by molar-refractivity contribution is 8.16. The largest absolute Gasteiger partial charge is 0.381 e. The van der Waals surface area contributed by atoms with Crippen LogP contribution >= 0.6 is 11.8 Å². The summed E-state index contributed by atoms with van der Waals surface area (Å²) in [5.41, 5.74) is 4.88. The molecule has 1 aromatic rings. The number of carbonyl (C=O) groups is 1. The number of amides is 1. The maximum absolute atomic E-state index is 12.9. The van der Waals surface area contributed by atoms with Crippen molar-refractivity contribution in [3.8, 4) is 0 Å². The van der Waals surface area contributed by atoms with E-state index < -0.39 is 0 Å². The number of fused-ring (bicyclic) bond motifs is 1. The van der Waals surface area contributed by atoms with Crippen LogP contribution in [0.5, 0.6) is 0 Å². The summed E-state index contributed by atoms with van der Waals surface area (Å²) in [6.45, 7) is 7.82. The van der Waals surface area contributed by atoms with Crippen molar-refractivity contribution in [3.05, 3.63) is 40.4 Å². The van der Waals surface area contributed by atoms with Crippen molar-refractivity contribution < 1.29 is 4.79 Å². The number of thioether (sulfide) groups is 1. The Morgan fingerprint density at radius 3 is 3.00 bits per heavy atom. The molecule has 6 heteroatoms. The Kier molecular flexibility index (Phi) is 5.43. The summed E-state index contributed by atoms with van der Waals surface area (Å²) in [5.74, 6) is 0.236. The first-order valence-corrected chi connectivity index (χ1v) is 10.8. The van der Waals surface area contributed by atoms with Gasteiger partial charge in [0.2, 0.25) is 5.91 Å². The third-order valence-corrected chi connectivity index (χ3v) is 6.60. The molecule has 0 aliphatic carbocycles. The van der Waals surface area contributed by atoms with E-state index in [0.717, 1.165) is 62.0 Å². The molecule has 1 N–H and O–H groups in total. The van der Waals surface area contributed by atoms with Gasteiger partial charge in [0.05, 0.1) is 6.42 Å². The van der Waals surface area contributed by atoms with Crippen LogP contribution in [0.3, 0.4) is 0 Å². The predicted molar refractivity (Wildman–Crippen MR) is 113 cm³/mol. The smallest absolute Gasteiger partial charge is 0.228 e. The number of nitrogens with zero attached hydrogens (tertiary/aromatic N) is 3. The molecule has 0 spiro atoms. The molecule has 3 aliphatic rings. The molecule has 4 rings (SSSR count). The molecule has 1 fully saturated rings. The highest BCUT2D eigenvalue weighted by Crippen LogP contribution is 2.31. The third kappa shape index (κ3) is 4.15. The lowest BCUT2D eigenvalue weighted by Gasteiger charge is -2.34. The number of rotatable bonds is 4. The Morgan fingerprint density at radius 2 is 2.15 bits per heavy atom. The summed E-state index contributed by atoms with van der Waals surface area (Å²) in [6, 6.07) is 6.82. The van der Waals surface area contributed by atoms with Gasteiger partial charge in [-0.05, 0) is 61.8 Å². The number of carbonyl (C=O) groups excluding carboxylic acids is 1. The van der Waals surface area contributed by atoms with Crippen LogP contribution < -0.4 is 5.32 Å². The van der Waals surface area contributed by atoms with E-state index >= 15 is 0 Å². The summed E-state index contributed by atoms with van der Waals surface area (Å²) >= 11 is 1.66. The predicted octanol–water partition coefficient (Wildman–Crippen LogP) is 3.75. The summed E-state index contributed by atoms with van der Waals surface area (Å²) in [4.78, 5) is 21.7. The summed E-state index contributed by atoms with van der Waals surface area (Å²) in [6.07, 6.45) is 3.72. The van der Waals surface area contributed by atoms with Gasteiger partial charge in [-0.15, -0.1) is 0 Å². The van der Waals surface area contributed by atoms with Crippen LogP contribution in [0.25, 0.3) is 0 Å². The van der Waals surface area contributed by atoms with Gasteiger partial charge in [-0.25, -0.2) is 0 Å². The van der Waals surface area contributed by atoms with E-state index in [4.69, 9.17) is 0 Å². The van der Waals surface area contributed by atoms with Gasteiger partial charge in [0, 0.05) is 43.6 Å². The van der Waals surface area contributed by atoms with Gasteiger partial charge in [0.1, 0.15) is 0 Å². The molecule has 1 saturated heterocycles. The van der Waals surface area contributed by atoms with Crippen molar-refractivity contribution in [2.24, 2.45) is 4.99 Å². The molecule has 0 radical (unpaired) electrons. The molecule has 0 aromatic heterocycles. The van der Waals surface area contributed by atoms with Crippen LogP contribution in [0.15, 0.2) is 34.3 Å². The fourth-order valence-corrected chi connectivity index (χ4v) is 4.88. The van der Waals surface area contributed by atoms with Gasteiger partial charge in [0.25, 0.3) is 0 Å². The van der Waals surface area contributed by atoms with Crippen LogP contribution in [0.1, 0.15) is 36.8 Å². The maximum atomic E-state index is 12.9. The minimum Gasteiger partial charge on any atom is -0.381 e. The van der Waals surface area contributed by atoms with E-state index in [9.17, 15) is 4.79 Å². The summed E-state index contributed by atoms with van der Waals surface area (Å²) in [7, 11) is 0. The number of hydrogen-bond donors (Lipinski definition) is 1. The monoisotopic (exact) mass is 384 g/mol. The number of likely N-dealkylation sites (tertiary alicyclic amines) is 1. The number of aliphatic imine (C=N–C) groups is 1. The van der Waals surface area contributed by atoms with Crippen molar-refractivity contribution in [1.29, 1.82) is 0 Å². The fourth-order valence-electron chi connectivity index (χ4n) is 3.93. The summed E-state index contributed by atoms with van der Waals surface area (Å²) in [5, 5.41) is 6.81. The van der Waals surface area contributed by atoms with Crippen molar-refractivity contribution in [2.45, 2.75) is 45.6 Å². The lowest BCUT2D eigenvalue weighted by molar-refractivity contribution is -0.131. The number of aryl methyl sites for hydroxylation is 2. The Hall–Kier alpha value is -1.95. The molecule has 1 aromatic carbocycles. The van der Waals surface area contributed by atoms with E-state index in [1.807, 2.05) is 4.90 Å². The molecule has 0 bridgehead atoms. The van der Waals surface area contributed by atoms with Crippen molar-refractivity contribution in [1.82, 2.24) is 9.80 Å². The zero-order chi connectivity index (χ0) is 18.8. The number of amidine groups is 1. The SMILES string of the molecule is Cc1ccc(NC2CCCN(C(=O)CC3=CSC4=NCCCN34)C2)cc1C. The minimum atomic E-state index is 0.236. The standard InChI is InChI=1S/C21H28N4OS/c1-15-6-7-17(11-16(15)2)23-18-5-3-9-24(13-18)20(26)12-19-14-27-21-22-8-4-10-25(19)21/h6-7,11,14,18,23H,3-5,8-10,12-13H2,1-2H3. The average molecular weight is 385 g/mol. The number of piperidine rings is 1. The normalized spacial score (nSPS) is 22.2. The van der Waals surface area contributed by atoms with Gasteiger partial charge >= 0.3 is 0 Å². The molecule has 27 heavy (non-hydrogen) atoms. The zero-order valence-electron chi connectivity index (χ0n) is 16.2. The first kappa shape index (κ1) is 18.4. The van der Waals surface area contributed by atoms with Gasteiger partial charge in [-0.3, -0.25) is 9.79 Å². The van der Waals surface area contributed by atoms with Crippen molar-refractivity contribution in [2.75, 3.05) is 31.5 Å². The fraction of sp³-hybridized carbons (Fsp3) is 0.524. The zero-order valence-corrected chi connectivity index (χ0v) is 17.0. The van der Waals surface area contributed by atoms with E-state index in [1.165, 1.54) is 11.1 Å². The second kappa shape index (κ2) is 7.97. The number of anilines is 1. The van der Waals surface area contributed by atoms with Gasteiger partial charge in [-0.2, -0.15) is 0 Å². The minimum absolute atomic E-state index is 0.236. The van der Waals surface area contributed by atoms with Crippen LogP contribution in [-0.2, 0) is 4.79 Å². The first-order valence-electron chi connectivity index (χ1n) is 9.89. The topological polar surface area (TPSA) is 47.9 Å². The quantitative estimate of drug-likeness (QED) is 0.859. The Morgan fingerprint density at radius 1 is 1.26 bits per heavy atom. The lowest BCUT2D eigenvalue weighted by Crippen LogP contribution is -2.45. The van der Waals surface area contributed by atoms with Gasteiger partial charge < -0.3 is 15.1 Å². The number of nitrogens with one attached hydrogen (secondary N) is 1. The summed E-state index contributed by atoms with van der Waals surface area (Å²) < 4.78 is 0. The van der Waals surface area contributed by atoms with Crippen molar-refractivity contribution in [3.63, 3.8) is 0 Å². The van der Waals surface area contributed by atoms with Crippen molar-refractivity contribution >= 4 is 28.5 Å². The van der Waals surface area contributed by atoms with E-state index in [1.54, 1.807) is 11.8 Å². The molecule has 144 valence electrons. The van der Waals surface area contributed by atoms with E-state index in [2.05, 4.69) is 52.7 Å². The first-order chi connectivity index (χ1) is 13.1. The maximum Gasteiger partial charge on any atom is 0.228 e. The van der Waals surface area contributed by atoms with Crippen LogP contribution in [0.2, 0.25) is 0 Å².